The molecular formula is C34H31F2N5O5. The van der Waals surface area contributed by atoms with Crippen molar-refractivity contribution in [3.63, 3.8) is 0 Å². The zero-order valence-electron chi connectivity index (χ0n) is 24.5. The van der Waals surface area contributed by atoms with Crippen molar-refractivity contribution >= 4 is 29.1 Å². The highest BCUT2D eigenvalue weighted by atomic mass is 19.1. The standard InChI is InChI=1S/C34H31F2N5O5/c35-24-12-8-22(9-13-24)27-17-29-30(18-28(27)23-10-14-25(36)15-11-23)41(20-21-5-2-1-3-6-21)31(40-29)32(42)38-19-26(39-34(45)46)7-4-16-37-33(43)44/h1-3,5-6,8-15,17-18,26,37,39H,4,7,16,19-20H2,(H,38,42)(H,43,44)(H,45,46)/t26-/m0/s1. The third-order valence-electron chi connectivity index (χ3n) is 7.43. The van der Waals surface area contributed by atoms with Gasteiger partial charge in [0.1, 0.15) is 11.6 Å². The summed E-state index contributed by atoms with van der Waals surface area (Å²) in [6.07, 6.45) is -1.84. The number of benzene rings is 4. The van der Waals surface area contributed by atoms with E-state index in [1.165, 1.54) is 24.3 Å². The van der Waals surface area contributed by atoms with Crippen molar-refractivity contribution < 1.29 is 33.4 Å². The van der Waals surface area contributed by atoms with Gasteiger partial charge in [0, 0.05) is 25.7 Å². The molecule has 0 bridgehead atoms. The summed E-state index contributed by atoms with van der Waals surface area (Å²) in [7, 11) is 0. The molecule has 0 fully saturated rings. The number of rotatable bonds is 12. The summed E-state index contributed by atoms with van der Waals surface area (Å²) in [5.74, 6) is -1.25. The van der Waals surface area contributed by atoms with E-state index in [4.69, 9.17) is 10.1 Å². The number of carbonyl (C=O) groups excluding carboxylic acids is 1. The van der Waals surface area contributed by atoms with Crippen LogP contribution in [0.4, 0.5) is 18.4 Å². The lowest BCUT2D eigenvalue weighted by Gasteiger charge is -2.18. The molecule has 1 aromatic heterocycles. The molecule has 0 aliphatic heterocycles. The topological polar surface area (TPSA) is 146 Å². The lowest BCUT2D eigenvalue weighted by atomic mass is 9.94. The number of aromatic nitrogens is 2. The van der Waals surface area contributed by atoms with Crippen molar-refractivity contribution in [3.05, 3.63) is 114 Å². The molecule has 0 aliphatic rings. The van der Waals surface area contributed by atoms with Crippen molar-refractivity contribution in [2.75, 3.05) is 13.1 Å². The second-order valence-corrected chi connectivity index (χ2v) is 10.6. The molecular weight excluding hydrogens is 596 g/mol. The lowest BCUT2D eigenvalue weighted by molar-refractivity contribution is 0.0933. The van der Waals surface area contributed by atoms with E-state index < -0.39 is 35.8 Å². The maximum atomic E-state index is 13.9. The smallest absolute Gasteiger partial charge is 0.404 e. The number of fused-ring (bicyclic) bond motifs is 1. The number of hydrogen-bond donors (Lipinski definition) is 5. The van der Waals surface area contributed by atoms with Crippen LogP contribution in [-0.4, -0.2) is 57.0 Å². The van der Waals surface area contributed by atoms with E-state index in [1.807, 2.05) is 42.5 Å². The molecule has 5 rings (SSSR count). The number of nitrogens with one attached hydrogen (secondary N) is 3. The van der Waals surface area contributed by atoms with Gasteiger partial charge in [-0.3, -0.25) is 4.79 Å². The number of carboxylic acid groups (broad SMARTS) is 2. The number of hydrogen-bond acceptors (Lipinski definition) is 4. The Morgan fingerprint density at radius 2 is 1.39 bits per heavy atom. The van der Waals surface area contributed by atoms with E-state index in [2.05, 4.69) is 16.0 Å². The van der Waals surface area contributed by atoms with E-state index >= 15 is 0 Å². The zero-order chi connectivity index (χ0) is 32.6. The van der Waals surface area contributed by atoms with Crippen LogP contribution in [0.5, 0.6) is 0 Å². The SMILES string of the molecule is O=C(O)NCCC[C@@H](CNC(=O)c1nc2cc(-c3ccc(F)cc3)c(-c3ccc(F)cc3)cc2n1Cc1ccccc1)NC(=O)O. The molecule has 0 unspecified atom stereocenters. The molecule has 236 valence electrons. The summed E-state index contributed by atoms with van der Waals surface area (Å²) < 4.78 is 29.5. The zero-order valence-corrected chi connectivity index (χ0v) is 24.5. The van der Waals surface area contributed by atoms with E-state index in [-0.39, 0.29) is 31.9 Å². The Hall–Kier alpha value is -5.78. The molecule has 46 heavy (non-hydrogen) atoms. The Kier molecular flexibility index (Phi) is 9.86. The fourth-order valence-corrected chi connectivity index (χ4v) is 5.25. The Morgan fingerprint density at radius 3 is 1.98 bits per heavy atom. The number of imidazole rings is 1. The third-order valence-corrected chi connectivity index (χ3v) is 7.43. The van der Waals surface area contributed by atoms with Crippen LogP contribution >= 0.6 is 0 Å². The second kappa shape index (κ2) is 14.3. The highest BCUT2D eigenvalue weighted by Crippen LogP contribution is 2.36. The van der Waals surface area contributed by atoms with Crippen LogP contribution in [0.3, 0.4) is 0 Å². The van der Waals surface area contributed by atoms with E-state index in [0.29, 0.717) is 34.1 Å². The first-order valence-corrected chi connectivity index (χ1v) is 14.5. The lowest BCUT2D eigenvalue weighted by Crippen LogP contribution is -2.44. The monoisotopic (exact) mass is 627 g/mol. The maximum Gasteiger partial charge on any atom is 0.404 e. The molecule has 3 amide bonds. The number of amides is 3. The first-order valence-electron chi connectivity index (χ1n) is 14.5. The summed E-state index contributed by atoms with van der Waals surface area (Å²) in [6, 6.07) is 24.5. The summed E-state index contributed by atoms with van der Waals surface area (Å²) in [4.78, 5) is 40.5. The van der Waals surface area contributed by atoms with Crippen LogP contribution in [0, 0.1) is 11.6 Å². The molecule has 0 spiro atoms. The van der Waals surface area contributed by atoms with Crippen LogP contribution in [0.15, 0.2) is 91.0 Å². The number of carbonyl (C=O) groups is 3. The van der Waals surface area contributed by atoms with Gasteiger partial charge in [-0.2, -0.15) is 0 Å². The first kappa shape index (κ1) is 31.6. The Balaban J connectivity index is 1.55. The largest absolute Gasteiger partial charge is 0.465 e. The molecule has 0 radical (unpaired) electrons. The molecule has 10 nitrogen and oxygen atoms in total. The molecule has 5 aromatic rings. The van der Waals surface area contributed by atoms with Gasteiger partial charge in [0.05, 0.1) is 11.0 Å². The van der Waals surface area contributed by atoms with E-state index in [9.17, 15) is 28.3 Å². The Bertz CT molecular complexity index is 1840. The first-order chi connectivity index (χ1) is 22.2. The molecule has 1 atom stereocenters. The van der Waals surface area contributed by atoms with E-state index in [0.717, 1.165) is 11.1 Å². The average molecular weight is 628 g/mol. The average Bonchev–Trinajstić information content (AvgIpc) is 3.39. The molecule has 0 saturated heterocycles. The fraction of sp³-hybridized carbons (Fsp3) is 0.176. The van der Waals surface area contributed by atoms with Gasteiger partial charge < -0.3 is 30.7 Å². The highest BCUT2D eigenvalue weighted by molar-refractivity contribution is 5.99. The normalized spacial score (nSPS) is 11.6. The van der Waals surface area contributed by atoms with Crippen LogP contribution < -0.4 is 16.0 Å². The predicted octanol–water partition coefficient (Wildman–Crippen LogP) is 6.11. The summed E-state index contributed by atoms with van der Waals surface area (Å²) in [6.45, 7) is 0.353. The van der Waals surface area contributed by atoms with Gasteiger partial charge in [0.25, 0.3) is 5.91 Å². The third kappa shape index (κ3) is 7.83. The van der Waals surface area contributed by atoms with Gasteiger partial charge >= 0.3 is 12.2 Å². The van der Waals surface area contributed by atoms with Crippen LogP contribution in [0.1, 0.15) is 29.0 Å². The van der Waals surface area contributed by atoms with Crippen molar-refractivity contribution in [1.29, 1.82) is 0 Å². The highest BCUT2D eigenvalue weighted by Gasteiger charge is 2.22. The molecule has 5 N–H and O–H groups in total. The summed E-state index contributed by atoms with van der Waals surface area (Å²) in [5.41, 5.74) is 4.85. The molecule has 0 saturated carbocycles. The van der Waals surface area contributed by atoms with Gasteiger partial charge in [0.15, 0.2) is 5.82 Å². The minimum absolute atomic E-state index is 0.0611. The second-order valence-electron chi connectivity index (χ2n) is 10.6. The van der Waals surface area contributed by atoms with E-state index in [1.54, 1.807) is 28.8 Å². The number of halogens is 2. The predicted molar refractivity (Wildman–Crippen MR) is 169 cm³/mol. The van der Waals surface area contributed by atoms with Crippen molar-refractivity contribution in [3.8, 4) is 22.3 Å². The summed E-state index contributed by atoms with van der Waals surface area (Å²) in [5, 5.41) is 25.5. The van der Waals surface area contributed by atoms with Crippen molar-refractivity contribution in [2.45, 2.75) is 25.4 Å². The Labute approximate surface area is 262 Å². The Morgan fingerprint density at radius 1 is 0.783 bits per heavy atom. The molecule has 12 heteroatoms. The van der Waals surface area contributed by atoms with Gasteiger partial charge in [-0.05, 0) is 77.1 Å². The minimum atomic E-state index is -1.27. The van der Waals surface area contributed by atoms with Crippen molar-refractivity contribution in [2.24, 2.45) is 0 Å². The van der Waals surface area contributed by atoms with Crippen molar-refractivity contribution in [1.82, 2.24) is 25.5 Å². The number of nitrogens with zero attached hydrogens (tertiary/aromatic N) is 2. The fourth-order valence-electron chi connectivity index (χ4n) is 5.25. The molecule has 1 heterocycles. The minimum Gasteiger partial charge on any atom is -0.465 e. The molecule has 0 aliphatic carbocycles. The van der Waals surface area contributed by atoms with Gasteiger partial charge in [0.2, 0.25) is 0 Å². The van der Waals surface area contributed by atoms with Gasteiger partial charge in [-0.15, -0.1) is 0 Å². The summed E-state index contributed by atoms with van der Waals surface area (Å²) >= 11 is 0. The maximum absolute atomic E-state index is 13.9. The quantitative estimate of drug-likeness (QED) is 0.106. The van der Waals surface area contributed by atoms with Crippen LogP contribution in [0.2, 0.25) is 0 Å². The van der Waals surface area contributed by atoms with Crippen LogP contribution in [0.25, 0.3) is 33.3 Å². The van der Waals surface area contributed by atoms with Gasteiger partial charge in [-0.1, -0.05) is 54.6 Å². The molecule has 4 aromatic carbocycles. The van der Waals surface area contributed by atoms with Crippen LogP contribution in [-0.2, 0) is 6.54 Å². The van der Waals surface area contributed by atoms with Gasteiger partial charge in [-0.25, -0.2) is 23.4 Å².